The number of benzene rings is 2. The van der Waals surface area contributed by atoms with Gasteiger partial charge in [-0.3, -0.25) is 0 Å². The van der Waals surface area contributed by atoms with Gasteiger partial charge in [-0.15, -0.1) is 0 Å². The fraction of sp³-hybridized carbons (Fsp3) is 0.379. The highest BCUT2D eigenvalue weighted by Crippen LogP contribution is 2.53. The maximum atomic E-state index is 11.8. The molecule has 0 N–H and O–H groups in total. The van der Waals surface area contributed by atoms with Gasteiger partial charge in [0.15, 0.2) is 0 Å². The first-order valence-corrected chi connectivity index (χ1v) is 11.8. The molecule has 0 aromatic heterocycles. The number of hydrogen-bond donors (Lipinski definition) is 0. The molecule has 1 unspecified atom stereocenters. The van der Waals surface area contributed by atoms with Crippen LogP contribution < -0.4 is 9.47 Å². The Bertz CT molecular complexity index is 966. The Balaban J connectivity index is 1.87. The molecule has 0 spiro atoms. The predicted octanol–water partition coefficient (Wildman–Crippen LogP) is 7.22. The van der Waals surface area contributed by atoms with Crippen LogP contribution in [0.3, 0.4) is 0 Å². The molecule has 6 heteroatoms. The summed E-state index contributed by atoms with van der Waals surface area (Å²) in [7, 11) is 0. The van der Waals surface area contributed by atoms with E-state index >= 15 is 0 Å². The van der Waals surface area contributed by atoms with Crippen molar-refractivity contribution in [2.45, 2.75) is 45.4 Å². The molecule has 1 aliphatic rings. The molecule has 0 bridgehead atoms. The van der Waals surface area contributed by atoms with Gasteiger partial charge < -0.3 is 18.9 Å². The van der Waals surface area contributed by atoms with Gasteiger partial charge in [0.25, 0.3) is 0 Å². The van der Waals surface area contributed by atoms with E-state index in [-0.39, 0.29) is 24.0 Å². The summed E-state index contributed by atoms with van der Waals surface area (Å²) in [6.07, 6.45) is 4.44. The number of hydrogen-bond acceptors (Lipinski definition) is 6. The first-order chi connectivity index (χ1) is 16.7. The first kappa shape index (κ1) is 26.1. The minimum absolute atomic E-state index is 0.0966. The standard InChI is InChI=1S/C29H34O6/c1-6-18-32-26(30)34-24-12-8-22(9-13-24)29(17-16-28(4,5)21(3)20-29)23-10-14-25(15-11-23)35-27(31)33-19-7-2/h6-15,21H,1-2,16-20H2,3-5H3. The molecule has 3 rings (SSSR count). The molecule has 1 fully saturated rings. The molecule has 0 aliphatic heterocycles. The number of rotatable bonds is 8. The van der Waals surface area contributed by atoms with Gasteiger partial charge in [0.2, 0.25) is 0 Å². The number of ether oxygens (including phenoxy) is 4. The van der Waals surface area contributed by atoms with Gasteiger partial charge in [0, 0.05) is 5.41 Å². The SMILES string of the molecule is C=CCOC(=O)Oc1ccc(C2(c3ccc(OC(=O)OCC=C)cc3)CCC(C)(C)C(C)C2)cc1. The molecule has 0 heterocycles. The van der Waals surface area contributed by atoms with E-state index in [4.69, 9.17) is 18.9 Å². The van der Waals surface area contributed by atoms with E-state index in [1.807, 2.05) is 24.3 Å². The Morgan fingerprint density at radius 3 is 1.63 bits per heavy atom. The van der Waals surface area contributed by atoms with Crippen LogP contribution in [0.1, 0.15) is 51.2 Å². The van der Waals surface area contributed by atoms with Crippen molar-refractivity contribution < 1.29 is 28.5 Å². The average Bonchev–Trinajstić information content (AvgIpc) is 2.84. The van der Waals surface area contributed by atoms with E-state index < -0.39 is 12.3 Å². The van der Waals surface area contributed by atoms with E-state index in [0.29, 0.717) is 17.4 Å². The van der Waals surface area contributed by atoms with Crippen molar-refractivity contribution in [2.24, 2.45) is 11.3 Å². The fourth-order valence-electron chi connectivity index (χ4n) is 4.56. The smallest absolute Gasteiger partial charge is 0.430 e. The summed E-state index contributed by atoms with van der Waals surface area (Å²) in [5.41, 5.74) is 2.30. The van der Waals surface area contributed by atoms with Crippen molar-refractivity contribution in [3.05, 3.63) is 85.0 Å². The zero-order chi connectivity index (χ0) is 25.5. The lowest BCUT2D eigenvalue weighted by Gasteiger charge is -2.48. The third-order valence-electron chi connectivity index (χ3n) is 7.04. The molecule has 2 aromatic carbocycles. The van der Waals surface area contributed by atoms with Crippen LogP contribution in [0.25, 0.3) is 0 Å². The second kappa shape index (κ2) is 11.3. The summed E-state index contributed by atoms with van der Waals surface area (Å²) in [5, 5.41) is 0. The van der Waals surface area contributed by atoms with Crippen molar-refractivity contribution in [1.82, 2.24) is 0 Å². The van der Waals surface area contributed by atoms with Crippen LogP contribution in [0.4, 0.5) is 9.59 Å². The molecule has 0 saturated heterocycles. The third kappa shape index (κ3) is 6.32. The molecule has 0 radical (unpaired) electrons. The first-order valence-electron chi connectivity index (χ1n) is 11.8. The predicted molar refractivity (Wildman–Crippen MR) is 135 cm³/mol. The monoisotopic (exact) mass is 478 g/mol. The lowest BCUT2D eigenvalue weighted by molar-refractivity contribution is 0.106. The van der Waals surface area contributed by atoms with Crippen LogP contribution in [0.15, 0.2) is 73.8 Å². The van der Waals surface area contributed by atoms with Crippen molar-refractivity contribution in [1.29, 1.82) is 0 Å². The minimum Gasteiger partial charge on any atom is -0.430 e. The van der Waals surface area contributed by atoms with E-state index in [9.17, 15) is 9.59 Å². The highest BCUT2D eigenvalue weighted by atomic mass is 16.7. The molecule has 186 valence electrons. The summed E-state index contributed by atoms with van der Waals surface area (Å²) < 4.78 is 20.3. The van der Waals surface area contributed by atoms with Gasteiger partial charge in [-0.25, -0.2) is 9.59 Å². The van der Waals surface area contributed by atoms with Crippen LogP contribution in [-0.2, 0) is 14.9 Å². The fourth-order valence-corrected chi connectivity index (χ4v) is 4.56. The van der Waals surface area contributed by atoms with Gasteiger partial charge in [-0.2, -0.15) is 0 Å². The molecule has 1 atom stereocenters. The van der Waals surface area contributed by atoms with Gasteiger partial charge in [-0.05, 0) is 66.0 Å². The second-order valence-electron chi connectivity index (χ2n) is 9.63. The number of carbonyl (C=O) groups excluding carboxylic acids is 2. The van der Waals surface area contributed by atoms with Crippen molar-refractivity contribution in [3.8, 4) is 11.5 Å². The Labute approximate surface area is 207 Å². The lowest BCUT2D eigenvalue weighted by atomic mass is 9.56. The topological polar surface area (TPSA) is 71.1 Å². The summed E-state index contributed by atoms with van der Waals surface area (Å²) in [6, 6.07) is 15.2. The lowest BCUT2D eigenvalue weighted by Crippen LogP contribution is -2.41. The summed E-state index contributed by atoms with van der Waals surface area (Å²) in [6.45, 7) is 14.2. The molecule has 1 saturated carbocycles. The normalized spacial score (nSPS) is 18.1. The molecule has 2 aromatic rings. The number of carbonyl (C=O) groups is 2. The van der Waals surface area contributed by atoms with E-state index in [1.54, 1.807) is 24.3 Å². The zero-order valence-electron chi connectivity index (χ0n) is 20.8. The Morgan fingerprint density at radius 1 is 0.829 bits per heavy atom. The van der Waals surface area contributed by atoms with Crippen molar-refractivity contribution in [3.63, 3.8) is 0 Å². The molecule has 35 heavy (non-hydrogen) atoms. The van der Waals surface area contributed by atoms with Crippen molar-refractivity contribution in [2.75, 3.05) is 13.2 Å². The quantitative estimate of drug-likeness (QED) is 0.227. The van der Waals surface area contributed by atoms with Gasteiger partial charge in [-0.1, -0.05) is 70.3 Å². The van der Waals surface area contributed by atoms with Crippen LogP contribution in [0.2, 0.25) is 0 Å². The van der Waals surface area contributed by atoms with E-state index in [2.05, 4.69) is 33.9 Å². The minimum atomic E-state index is -0.761. The third-order valence-corrected chi connectivity index (χ3v) is 7.04. The van der Waals surface area contributed by atoms with E-state index in [1.165, 1.54) is 12.2 Å². The average molecular weight is 479 g/mol. The molecule has 6 nitrogen and oxygen atoms in total. The van der Waals surface area contributed by atoms with Crippen LogP contribution >= 0.6 is 0 Å². The van der Waals surface area contributed by atoms with Crippen LogP contribution in [0, 0.1) is 11.3 Å². The molecule has 1 aliphatic carbocycles. The Kier molecular flexibility index (Phi) is 8.39. The highest BCUT2D eigenvalue weighted by molar-refractivity contribution is 5.64. The Morgan fingerprint density at radius 2 is 1.26 bits per heavy atom. The largest absolute Gasteiger partial charge is 0.514 e. The zero-order valence-corrected chi connectivity index (χ0v) is 20.8. The van der Waals surface area contributed by atoms with Gasteiger partial charge >= 0.3 is 12.3 Å². The molecule has 0 amide bonds. The van der Waals surface area contributed by atoms with Crippen LogP contribution in [-0.4, -0.2) is 25.5 Å². The maximum absolute atomic E-state index is 11.8. The summed E-state index contributed by atoms with van der Waals surface area (Å²) in [4.78, 5) is 23.6. The summed E-state index contributed by atoms with van der Waals surface area (Å²) in [5.74, 6) is 1.32. The summed E-state index contributed by atoms with van der Waals surface area (Å²) >= 11 is 0. The van der Waals surface area contributed by atoms with Crippen molar-refractivity contribution >= 4 is 12.3 Å². The highest BCUT2D eigenvalue weighted by Gasteiger charge is 2.44. The van der Waals surface area contributed by atoms with E-state index in [0.717, 1.165) is 30.4 Å². The molecular formula is C29H34O6. The second-order valence-corrected chi connectivity index (χ2v) is 9.63. The van der Waals surface area contributed by atoms with Gasteiger partial charge in [0.1, 0.15) is 24.7 Å². The van der Waals surface area contributed by atoms with Crippen LogP contribution in [0.5, 0.6) is 11.5 Å². The molecular weight excluding hydrogens is 444 g/mol. The van der Waals surface area contributed by atoms with Gasteiger partial charge in [0.05, 0.1) is 0 Å². The maximum Gasteiger partial charge on any atom is 0.514 e. The Hall–Kier alpha value is -3.54.